The number of benzene rings is 3. The van der Waals surface area contributed by atoms with Gasteiger partial charge in [0.25, 0.3) is 0 Å². The minimum atomic E-state index is -3.54. The Balaban J connectivity index is 1.98. The van der Waals surface area contributed by atoms with Gasteiger partial charge in [0.05, 0.1) is 0 Å². The molecule has 1 unspecified atom stereocenters. The van der Waals surface area contributed by atoms with Crippen LogP contribution in [0.25, 0.3) is 0 Å². The molecule has 0 bridgehead atoms. The SMILES string of the molecule is CCCCCC(c1ccccc1)P(=O)(Oc1ccccc1)Oc1ccccc1. The number of hydrogen-bond acceptors (Lipinski definition) is 3. The van der Waals surface area contributed by atoms with Crippen molar-refractivity contribution in [3.63, 3.8) is 0 Å². The lowest BCUT2D eigenvalue weighted by Crippen LogP contribution is -2.11. The van der Waals surface area contributed by atoms with Crippen LogP contribution in [-0.4, -0.2) is 0 Å². The summed E-state index contributed by atoms with van der Waals surface area (Å²) < 4.78 is 26.4. The zero-order chi connectivity index (χ0) is 19.7. The van der Waals surface area contributed by atoms with Gasteiger partial charge in [-0.05, 0) is 36.2 Å². The summed E-state index contributed by atoms with van der Waals surface area (Å²) in [5.41, 5.74) is 0.648. The molecule has 0 aliphatic heterocycles. The van der Waals surface area contributed by atoms with Gasteiger partial charge in [-0.3, -0.25) is 0 Å². The van der Waals surface area contributed by atoms with Gasteiger partial charge in [0, 0.05) is 0 Å². The maximum atomic E-state index is 14.2. The van der Waals surface area contributed by atoms with Crippen molar-refractivity contribution in [1.82, 2.24) is 0 Å². The lowest BCUT2D eigenvalue weighted by molar-refractivity contribution is 0.367. The molecule has 28 heavy (non-hydrogen) atoms. The molecule has 3 rings (SSSR count). The quantitative estimate of drug-likeness (QED) is 0.261. The summed E-state index contributed by atoms with van der Waals surface area (Å²) in [6.45, 7) is 2.16. The van der Waals surface area contributed by atoms with E-state index in [0.29, 0.717) is 11.5 Å². The molecule has 0 aliphatic carbocycles. The van der Waals surface area contributed by atoms with Gasteiger partial charge >= 0.3 is 7.60 Å². The van der Waals surface area contributed by atoms with Crippen molar-refractivity contribution in [2.24, 2.45) is 0 Å². The van der Waals surface area contributed by atoms with E-state index in [0.717, 1.165) is 31.2 Å². The second-order valence-electron chi connectivity index (χ2n) is 6.77. The third-order valence-corrected chi connectivity index (χ3v) is 6.85. The van der Waals surface area contributed by atoms with Crippen LogP contribution in [0.1, 0.15) is 43.8 Å². The molecule has 0 aliphatic rings. The molecule has 3 nitrogen and oxygen atoms in total. The molecular formula is C24H27O3P. The summed E-state index contributed by atoms with van der Waals surface area (Å²) in [5.74, 6) is 1.11. The Bertz CT molecular complexity index is 821. The molecule has 0 saturated carbocycles. The summed E-state index contributed by atoms with van der Waals surface area (Å²) in [6.07, 6.45) is 3.90. The Labute approximate surface area is 167 Å². The van der Waals surface area contributed by atoms with Gasteiger partial charge in [0.1, 0.15) is 17.2 Å². The van der Waals surface area contributed by atoms with Crippen LogP contribution < -0.4 is 9.05 Å². The Kier molecular flexibility index (Phi) is 7.33. The number of unbranched alkanes of at least 4 members (excludes halogenated alkanes) is 2. The first-order valence-electron chi connectivity index (χ1n) is 9.85. The Morgan fingerprint density at radius 1 is 0.714 bits per heavy atom. The lowest BCUT2D eigenvalue weighted by atomic mass is 10.1. The zero-order valence-electron chi connectivity index (χ0n) is 16.2. The van der Waals surface area contributed by atoms with E-state index in [2.05, 4.69) is 6.92 Å². The first kappa shape index (κ1) is 20.2. The van der Waals surface area contributed by atoms with Crippen LogP contribution in [0.4, 0.5) is 0 Å². The summed E-state index contributed by atoms with van der Waals surface area (Å²) in [7, 11) is -3.54. The van der Waals surface area contributed by atoms with E-state index in [9.17, 15) is 4.57 Å². The van der Waals surface area contributed by atoms with E-state index in [-0.39, 0.29) is 5.66 Å². The third-order valence-electron chi connectivity index (χ3n) is 4.60. The topological polar surface area (TPSA) is 35.5 Å². The molecule has 0 saturated heterocycles. The van der Waals surface area contributed by atoms with Crippen LogP contribution >= 0.6 is 7.60 Å². The van der Waals surface area contributed by atoms with Crippen LogP contribution in [-0.2, 0) is 4.57 Å². The molecule has 3 aromatic carbocycles. The highest BCUT2D eigenvalue weighted by atomic mass is 31.2. The smallest absolute Gasteiger partial charge is 0.416 e. The largest absolute Gasteiger partial charge is 0.438 e. The van der Waals surface area contributed by atoms with Crippen molar-refractivity contribution in [3.05, 3.63) is 96.6 Å². The monoisotopic (exact) mass is 394 g/mol. The predicted octanol–water partition coefficient (Wildman–Crippen LogP) is 7.66. The van der Waals surface area contributed by atoms with Gasteiger partial charge in [-0.25, -0.2) is 4.57 Å². The van der Waals surface area contributed by atoms with Crippen molar-refractivity contribution in [1.29, 1.82) is 0 Å². The Morgan fingerprint density at radius 2 is 1.18 bits per heavy atom. The van der Waals surface area contributed by atoms with Crippen molar-refractivity contribution >= 4 is 7.60 Å². The molecule has 0 aromatic heterocycles. The summed E-state index contributed by atoms with van der Waals surface area (Å²) >= 11 is 0. The molecule has 4 heteroatoms. The molecule has 0 radical (unpaired) electrons. The number of rotatable bonds is 10. The first-order chi connectivity index (χ1) is 13.7. The second kappa shape index (κ2) is 10.1. The van der Waals surface area contributed by atoms with E-state index in [1.165, 1.54) is 0 Å². The van der Waals surface area contributed by atoms with Gasteiger partial charge in [-0.1, -0.05) is 92.9 Å². The highest BCUT2D eigenvalue weighted by Crippen LogP contribution is 2.62. The van der Waals surface area contributed by atoms with E-state index in [1.54, 1.807) is 0 Å². The highest BCUT2D eigenvalue weighted by Gasteiger charge is 2.40. The molecule has 0 amide bonds. The van der Waals surface area contributed by atoms with Gasteiger partial charge in [0.2, 0.25) is 0 Å². The average Bonchev–Trinajstić information content (AvgIpc) is 2.73. The van der Waals surface area contributed by atoms with Crippen molar-refractivity contribution in [3.8, 4) is 11.5 Å². The standard InChI is InChI=1S/C24H27O3P/c1-2-3-7-20-24(21-14-8-4-9-15-21)28(25,26-22-16-10-5-11-17-22)27-23-18-12-6-13-19-23/h4-6,8-19,24H,2-3,7,20H2,1H3. The van der Waals surface area contributed by atoms with E-state index < -0.39 is 7.60 Å². The van der Waals surface area contributed by atoms with Gasteiger partial charge in [-0.2, -0.15) is 0 Å². The van der Waals surface area contributed by atoms with Crippen molar-refractivity contribution < 1.29 is 13.6 Å². The molecule has 0 spiro atoms. The van der Waals surface area contributed by atoms with Crippen LogP contribution in [0.5, 0.6) is 11.5 Å². The van der Waals surface area contributed by atoms with Crippen molar-refractivity contribution in [2.45, 2.75) is 38.3 Å². The van der Waals surface area contributed by atoms with E-state index >= 15 is 0 Å². The average molecular weight is 394 g/mol. The molecule has 0 fully saturated rings. The summed E-state index contributed by atoms with van der Waals surface area (Å²) in [5, 5.41) is 0. The molecule has 0 heterocycles. The maximum absolute atomic E-state index is 14.2. The normalized spacial score (nSPS) is 12.3. The fourth-order valence-electron chi connectivity index (χ4n) is 3.17. The Hall–Kier alpha value is -2.51. The van der Waals surface area contributed by atoms with Crippen molar-refractivity contribution in [2.75, 3.05) is 0 Å². The van der Waals surface area contributed by atoms with Gasteiger partial charge in [0.15, 0.2) is 0 Å². The fourth-order valence-corrected chi connectivity index (χ4v) is 5.33. The number of hydrogen-bond donors (Lipinski definition) is 0. The minimum absolute atomic E-state index is 0.333. The summed E-state index contributed by atoms with van der Waals surface area (Å²) in [4.78, 5) is 0. The highest BCUT2D eigenvalue weighted by molar-refractivity contribution is 7.55. The minimum Gasteiger partial charge on any atom is -0.416 e. The molecule has 0 N–H and O–H groups in total. The lowest BCUT2D eigenvalue weighted by Gasteiger charge is -2.28. The second-order valence-corrected chi connectivity index (χ2v) is 8.84. The van der Waals surface area contributed by atoms with Gasteiger partial charge in [-0.15, -0.1) is 0 Å². The van der Waals surface area contributed by atoms with E-state index in [4.69, 9.17) is 9.05 Å². The molecule has 146 valence electrons. The zero-order valence-corrected chi connectivity index (χ0v) is 17.1. The number of para-hydroxylation sites is 2. The predicted molar refractivity (Wildman–Crippen MR) is 115 cm³/mol. The Morgan fingerprint density at radius 3 is 1.64 bits per heavy atom. The maximum Gasteiger partial charge on any atom is 0.438 e. The molecular weight excluding hydrogens is 367 g/mol. The first-order valence-corrected chi connectivity index (χ1v) is 11.5. The van der Waals surface area contributed by atoms with Crippen LogP contribution in [0.3, 0.4) is 0 Å². The van der Waals surface area contributed by atoms with Crippen LogP contribution in [0.15, 0.2) is 91.0 Å². The molecule has 3 aromatic rings. The molecule has 1 atom stereocenters. The van der Waals surface area contributed by atoms with E-state index in [1.807, 2.05) is 91.0 Å². The third kappa shape index (κ3) is 5.50. The van der Waals surface area contributed by atoms with Gasteiger partial charge < -0.3 is 9.05 Å². The summed E-state index contributed by atoms with van der Waals surface area (Å²) in [6, 6.07) is 28.5. The van der Waals surface area contributed by atoms with Crippen LogP contribution in [0, 0.1) is 0 Å². The fraction of sp³-hybridized carbons (Fsp3) is 0.250. The van der Waals surface area contributed by atoms with Crippen LogP contribution in [0.2, 0.25) is 0 Å².